The third-order valence-corrected chi connectivity index (χ3v) is 3.72. The predicted molar refractivity (Wildman–Crippen MR) is 73.9 cm³/mol. The topological polar surface area (TPSA) is 58.6 Å². The fourth-order valence-electron chi connectivity index (χ4n) is 2.60. The van der Waals surface area contributed by atoms with E-state index in [-0.39, 0.29) is 29.8 Å². The zero-order valence-corrected chi connectivity index (χ0v) is 12.6. The summed E-state index contributed by atoms with van der Waals surface area (Å²) in [7, 11) is 1.92. The number of Topliss-reactive ketones (excluding diaryl/α,β-unsaturated/α-hetero) is 1. The first-order chi connectivity index (χ1) is 8.82. The zero-order chi connectivity index (χ0) is 14.6. The number of carbonyl (C=O) groups is 2. The minimum atomic E-state index is -0.391. The first-order valence-electron chi connectivity index (χ1n) is 6.94. The molecule has 5 heteroatoms. The lowest BCUT2D eigenvalue weighted by Gasteiger charge is -2.27. The van der Waals surface area contributed by atoms with Gasteiger partial charge in [0.05, 0.1) is 18.7 Å². The van der Waals surface area contributed by atoms with Gasteiger partial charge in [-0.05, 0) is 33.2 Å². The molecule has 110 valence electrons. The summed E-state index contributed by atoms with van der Waals surface area (Å²) >= 11 is 0. The largest absolute Gasteiger partial charge is 0.377 e. The maximum atomic E-state index is 12.0. The lowest BCUT2D eigenvalue weighted by atomic mass is 10.0. The van der Waals surface area contributed by atoms with Crippen molar-refractivity contribution in [2.75, 3.05) is 20.2 Å². The molecule has 19 heavy (non-hydrogen) atoms. The van der Waals surface area contributed by atoms with Gasteiger partial charge in [-0.1, -0.05) is 13.8 Å². The smallest absolute Gasteiger partial charge is 0.234 e. The summed E-state index contributed by atoms with van der Waals surface area (Å²) in [5, 5.41) is 2.81. The summed E-state index contributed by atoms with van der Waals surface area (Å²) < 4.78 is 5.50. The van der Waals surface area contributed by atoms with Gasteiger partial charge in [0.25, 0.3) is 0 Å². The Balaban J connectivity index is 2.48. The third kappa shape index (κ3) is 4.58. The zero-order valence-electron chi connectivity index (χ0n) is 12.6. The Morgan fingerprint density at radius 1 is 1.42 bits per heavy atom. The van der Waals surface area contributed by atoms with E-state index in [0.29, 0.717) is 6.54 Å². The van der Waals surface area contributed by atoms with Crippen molar-refractivity contribution in [2.45, 2.75) is 52.3 Å². The van der Waals surface area contributed by atoms with Crippen LogP contribution < -0.4 is 5.32 Å². The second-order valence-electron chi connectivity index (χ2n) is 5.75. The van der Waals surface area contributed by atoms with Gasteiger partial charge in [-0.15, -0.1) is 0 Å². The van der Waals surface area contributed by atoms with Crippen LogP contribution in [0.4, 0.5) is 0 Å². The number of nitrogens with one attached hydrogen (secondary N) is 1. The van der Waals surface area contributed by atoms with Gasteiger partial charge in [0.2, 0.25) is 5.91 Å². The molecule has 0 bridgehead atoms. The molecule has 1 heterocycles. The van der Waals surface area contributed by atoms with Gasteiger partial charge in [0, 0.05) is 12.6 Å². The summed E-state index contributed by atoms with van der Waals surface area (Å²) in [6, 6.07) is -0.112. The van der Waals surface area contributed by atoms with Crippen LogP contribution in [0.2, 0.25) is 0 Å². The number of carbonyl (C=O) groups excluding carboxylic acids is 2. The number of nitrogens with zero attached hydrogens (tertiary/aromatic N) is 1. The highest BCUT2D eigenvalue weighted by Crippen LogP contribution is 2.17. The first kappa shape index (κ1) is 16.1. The Morgan fingerprint density at radius 2 is 2.05 bits per heavy atom. The van der Waals surface area contributed by atoms with E-state index >= 15 is 0 Å². The summed E-state index contributed by atoms with van der Waals surface area (Å²) in [5.74, 6) is 0.0135. The molecule has 0 aromatic heterocycles. The van der Waals surface area contributed by atoms with Gasteiger partial charge in [-0.2, -0.15) is 0 Å². The van der Waals surface area contributed by atoms with Crippen molar-refractivity contribution < 1.29 is 14.3 Å². The molecule has 1 aliphatic heterocycles. The number of likely N-dealkylation sites (N-methyl/N-ethyl adjacent to an activating group) is 1. The van der Waals surface area contributed by atoms with Crippen LogP contribution >= 0.6 is 0 Å². The van der Waals surface area contributed by atoms with E-state index in [1.165, 1.54) is 6.92 Å². The van der Waals surface area contributed by atoms with Crippen LogP contribution in [-0.2, 0) is 14.3 Å². The van der Waals surface area contributed by atoms with Crippen molar-refractivity contribution in [3.8, 4) is 0 Å². The highest BCUT2D eigenvalue weighted by Gasteiger charge is 2.29. The number of hydrogen-bond acceptors (Lipinski definition) is 4. The van der Waals surface area contributed by atoms with Crippen LogP contribution in [0.3, 0.4) is 0 Å². The molecule has 0 saturated carbocycles. The van der Waals surface area contributed by atoms with E-state index in [4.69, 9.17) is 4.74 Å². The van der Waals surface area contributed by atoms with Crippen molar-refractivity contribution >= 4 is 11.7 Å². The molecule has 0 aromatic carbocycles. The molecule has 1 rings (SSSR count). The molecule has 5 nitrogen and oxygen atoms in total. The quantitative estimate of drug-likeness (QED) is 0.776. The van der Waals surface area contributed by atoms with Crippen LogP contribution in [0.1, 0.15) is 34.1 Å². The lowest BCUT2D eigenvalue weighted by molar-refractivity contribution is -0.128. The molecule has 3 atom stereocenters. The molecule has 3 unspecified atom stereocenters. The maximum absolute atomic E-state index is 12.0. The second-order valence-corrected chi connectivity index (χ2v) is 5.75. The summed E-state index contributed by atoms with van der Waals surface area (Å²) in [6.45, 7) is 8.46. The van der Waals surface area contributed by atoms with Gasteiger partial charge in [0.15, 0.2) is 5.78 Å². The molecule has 1 amide bonds. The first-order valence-corrected chi connectivity index (χ1v) is 6.94. The number of ketones is 1. The standard InChI is InChI=1S/C14H26N2O3/c1-9(2)14(10(3)17)15-13(18)8-16(5)12-6-7-19-11(12)4/h9,11-12,14H,6-8H2,1-5H3,(H,15,18). The van der Waals surface area contributed by atoms with Crippen LogP contribution in [0, 0.1) is 5.92 Å². The van der Waals surface area contributed by atoms with Gasteiger partial charge in [-0.25, -0.2) is 0 Å². The van der Waals surface area contributed by atoms with E-state index in [1.54, 1.807) is 0 Å². The van der Waals surface area contributed by atoms with Crippen molar-refractivity contribution in [1.29, 1.82) is 0 Å². The molecule has 0 aliphatic carbocycles. The Labute approximate surface area is 115 Å². The summed E-state index contributed by atoms with van der Waals surface area (Å²) in [6.07, 6.45) is 1.11. The fraction of sp³-hybridized carbons (Fsp3) is 0.857. The van der Waals surface area contributed by atoms with E-state index in [2.05, 4.69) is 5.32 Å². The van der Waals surface area contributed by atoms with Gasteiger partial charge in [0.1, 0.15) is 0 Å². The molecule has 1 saturated heterocycles. The van der Waals surface area contributed by atoms with Crippen molar-refractivity contribution in [3.63, 3.8) is 0 Å². The van der Waals surface area contributed by atoms with Crippen LogP contribution in [-0.4, -0.2) is 55.0 Å². The van der Waals surface area contributed by atoms with Crippen LogP contribution in [0.5, 0.6) is 0 Å². The minimum Gasteiger partial charge on any atom is -0.377 e. The summed E-state index contributed by atoms with van der Waals surface area (Å²) in [4.78, 5) is 25.5. The lowest BCUT2D eigenvalue weighted by Crippen LogP contribution is -2.49. The second kappa shape index (κ2) is 7.01. The van der Waals surface area contributed by atoms with Crippen molar-refractivity contribution in [2.24, 2.45) is 5.92 Å². The van der Waals surface area contributed by atoms with Gasteiger partial charge < -0.3 is 10.1 Å². The Hall–Kier alpha value is -0.940. The van der Waals surface area contributed by atoms with E-state index in [9.17, 15) is 9.59 Å². The molecular formula is C14H26N2O3. The highest BCUT2D eigenvalue weighted by molar-refractivity contribution is 5.88. The molecule has 1 aliphatic rings. The third-order valence-electron chi connectivity index (χ3n) is 3.72. The summed E-state index contributed by atoms with van der Waals surface area (Å²) in [5.41, 5.74) is 0. The number of ether oxygens (including phenoxy) is 1. The molecule has 0 aromatic rings. The number of hydrogen-bond donors (Lipinski definition) is 1. The Kier molecular flexibility index (Phi) is 5.94. The van der Waals surface area contributed by atoms with E-state index < -0.39 is 6.04 Å². The molecule has 0 spiro atoms. The monoisotopic (exact) mass is 270 g/mol. The fourth-order valence-corrected chi connectivity index (χ4v) is 2.60. The predicted octanol–water partition coefficient (Wildman–Crippen LogP) is 0.825. The van der Waals surface area contributed by atoms with Gasteiger partial charge >= 0.3 is 0 Å². The molecule has 1 N–H and O–H groups in total. The van der Waals surface area contributed by atoms with Crippen LogP contribution in [0.25, 0.3) is 0 Å². The highest BCUT2D eigenvalue weighted by atomic mass is 16.5. The number of rotatable bonds is 6. The molecular weight excluding hydrogens is 244 g/mol. The molecule has 0 radical (unpaired) electrons. The van der Waals surface area contributed by atoms with Crippen molar-refractivity contribution in [3.05, 3.63) is 0 Å². The van der Waals surface area contributed by atoms with E-state index in [1.807, 2.05) is 32.7 Å². The average Bonchev–Trinajstić information content (AvgIpc) is 2.71. The minimum absolute atomic E-state index is 0.00331. The Morgan fingerprint density at radius 3 is 2.47 bits per heavy atom. The normalized spacial score (nSPS) is 24.8. The van der Waals surface area contributed by atoms with Crippen molar-refractivity contribution in [1.82, 2.24) is 10.2 Å². The van der Waals surface area contributed by atoms with Gasteiger partial charge in [-0.3, -0.25) is 14.5 Å². The number of amides is 1. The average molecular weight is 270 g/mol. The molecule has 1 fully saturated rings. The van der Waals surface area contributed by atoms with Crippen LogP contribution in [0.15, 0.2) is 0 Å². The maximum Gasteiger partial charge on any atom is 0.234 e. The Bertz CT molecular complexity index is 331. The SMILES string of the molecule is CC(=O)C(NC(=O)CN(C)C1CCOC1C)C(C)C. The van der Waals surface area contributed by atoms with E-state index in [0.717, 1.165) is 13.0 Å².